The van der Waals surface area contributed by atoms with Crippen molar-refractivity contribution in [1.82, 2.24) is 16.2 Å². The zero-order valence-electron chi connectivity index (χ0n) is 7.85. The summed E-state index contributed by atoms with van der Waals surface area (Å²) in [6.07, 6.45) is 2.22. The van der Waals surface area contributed by atoms with Gasteiger partial charge in [0.1, 0.15) is 0 Å². The number of hydrazine groups is 1. The highest BCUT2D eigenvalue weighted by Crippen LogP contribution is 2.10. The van der Waals surface area contributed by atoms with E-state index in [0.29, 0.717) is 5.37 Å². The van der Waals surface area contributed by atoms with Gasteiger partial charge in [-0.2, -0.15) is 0 Å². The molecule has 0 saturated carbocycles. The second-order valence-electron chi connectivity index (χ2n) is 3.67. The maximum Gasteiger partial charge on any atom is 0.0889 e. The van der Waals surface area contributed by atoms with Crippen molar-refractivity contribution in [2.75, 3.05) is 12.8 Å². The Bertz CT molecular complexity index is 145. The van der Waals surface area contributed by atoms with E-state index in [0.717, 1.165) is 6.54 Å². The topological polar surface area (TPSA) is 62.1 Å². The van der Waals surface area contributed by atoms with Crippen molar-refractivity contribution in [2.24, 2.45) is 5.73 Å². The maximum absolute atomic E-state index is 5.95. The largest absolute Gasteiger partial charge is 0.323 e. The summed E-state index contributed by atoms with van der Waals surface area (Å²) in [4.78, 5) is 0. The van der Waals surface area contributed by atoms with Crippen molar-refractivity contribution in [1.29, 1.82) is 0 Å². The number of nitrogens with two attached hydrogens (primary N) is 1. The van der Waals surface area contributed by atoms with E-state index in [9.17, 15) is 0 Å². The second kappa shape index (κ2) is 3.93. The smallest absolute Gasteiger partial charge is 0.0889 e. The Labute approximate surface area is 78.0 Å². The van der Waals surface area contributed by atoms with Gasteiger partial charge >= 0.3 is 0 Å². The van der Waals surface area contributed by atoms with Gasteiger partial charge in [0, 0.05) is 12.1 Å². The highest BCUT2D eigenvalue weighted by Gasteiger charge is 2.29. The molecule has 0 bridgehead atoms. The Hall–Kier alpha value is 0.190. The van der Waals surface area contributed by atoms with E-state index in [1.54, 1.807) is 11.8 Å². The SMILES string of the molecule is CSC1CNNC(C(C)(C)N)N1. The molecule has 2 unspecified atom stereocenters. The molecule has 72 valence electrons. The average molecular weight is 190 g/mol. The number of nitrogens with one attached hydrogen (secondary N) is 3. The first-order valence-electron chi connectivity index (χ1n) is 4.10. The van der Waals surface area contributed by atoms with Crippen molar-refractivity contribution in [3.63, 3.8) is 0 Å². The van der Waals surface area contributed by atoms with Crippen LogP contribution < -0.4 is 21.9 Å². The lowest BCUT2D eigenvalue weighted by atomic mass is 10.0. The number of hydrogen-bond donors (Lipinski definition) is 4. The fourth-order valence-corrected chi connectivity index (χ4v) is 1.61. The van der Waals surface area contributed by atoms with Crippen molar-refractivity contribution < 1.29 is 0 Å². The molecule has 1 fully saturated rings. The molecule has 0 aliphatic carbocycles. The van der Waals surface area contributed by atoms with Crippen LogP contribution in [0.25, 0.3) is 0 Å². The monoisotopic (exact) mass is 190 g/mol. The summed E-state index contributed by atoms with van der Waals surface area (Å²) in [5.74, 6) is 0. The molecule has 5 N–H and O–H groups in total. The highest BCUT2D eigenvalue weighted by atomic mass is 32.2. The van der Waals surface area contributed by atoms with Gasteiger partial charge in [-0.15, -0.1) is 11.8 Å². The first-order chi connectivity index (χ1) is 5.54. The van der Waals surface area contributed by atoms with Gasteiger partial charge < -0.3 is 5.73 Å². The van der Waals surface area contributed by atoms with E-state index in [1.165, 1.54) is 0 Å². The molecule has 5 heteroatoms. The van der Waals surface area contributed by atoms with Crippen molar-refractivity contribution in [3.8, 4) is 0 Å². The molecule has 1 heterocycles. The van der Waals surface area contributed by atoms with Crippen LogP contribution in [-0.2, 0) is 0 Å². The molecule has 2 atom stereocenters. The van der Waals surface area contributed by atoms with Crippen LogP contribution in [0.4, 0.5) is 0 Å². The molecule has 0 aromatic carbocycles. The van der Waals surface area contributed by atoms with Gasteiger partial charge in [-0.05, 0) is 20.1 Å². The third-order valence-corrected chi connectivity index (χ3v) is 2.79. The van der Waals surface area contributed by atoms with Gasteiger partial charge in [0.25, 0.3) is 0 Å². The first kappa shape index (κ1) is 10.3. The maximum atomic E-state index is 5.95. The molecule has 12 heavy (non-hydrogen) atoms. The van der Waals surface area contributed by atoms with Crippen molar-refractivity contribution >= 4 is 11.8 Å². The van der Waals surface area contributed by atoms with Gasteiger partial charge in [-0.1, -0.05) is 0 Å². The van der Waals surface area contributed by atoms with E-state index in [1.807, 2.05) is 13.8 Å². The quantitative estimate of drug-likeness (QED) is 0.470. The van der Waals surface area contributed by atoms with Crippen molar-refractivity contribution in [2.45, 2.75) is 30.9 Å². The minimum atomic E-state index is -0.249. The van der Waals surface area contributed by atoms with Gasteiger partial charge in [0.2, 0.25) is 0 Å². The third kappa shape index (κ3) is 2.60. The summed E-state index contributed by atoms with van der Waals surface area (Å²) >= 11 is 1.80. The molecule has 4 nitrogen and oxygen atoms in total. The third-order valence-electron chi connectivity index (χ3n) is 1.91. The molecule has 1 saturated heterocycles. The molecule has 1 aliphatic rings. The van der Waals surface area contributed by atoms with Gasteiger partial charge in [-0.3, -0.25) is 10.7 Å². The van der Waals surface area contributed by atoms with Crippen molar-refractivity contribution in [3.05, 3.63) is 0 Å². The molecule has 0 amide bonds. The molecule has 1 aliphatic heterocycles. The first-order valence-corrected chi connectivity index (χ1v) is 5.39. The summed E-state index contributed by atoms with van der Waals surface area (Å²) in [6.45, 7) is 4.93. The normalized spacial score (nSPS) is 32.0. The molecule has 0 aromatic heterocycles. The Kier molecular flexibility index (Phi) is 3.37. The second-order valence-corrected chi connectivity index (χ2v) is 4.71. The lowest BCUT2D eigenvalue weighted by molar-refractivity contribution is 0.218. The summed E-state index contributed by atoms with van der Waals surface area (Å²) in [5.41, 5.74) is 12.0. The predicted octanol–water partition coefficient (Wildman–Crippen LogP) is -0.564. The number of rotatable bonds is 2. The van der Waals surface area contributed by atoms with Crippen LogP contribution in [0, 0.1) is 0 Å². The summed E-state index contributed by atoms with van der Waals surface area (Å²) in [6, 6.07) is 0. The standard InChI is InChI=1S/C7H18N4S/c1-7(2,8)6-10-5(12-3)4-9-11-6/h5-6,9-11H,4,8H2,1-3H3. The van der Waals surface area contributed by atoms with Crippen LogP contribution in [0.1, 0.15) is 13.8 Å². The minimum absolute atomic E-state index is 0.128. The lowest BCUT2D eigenvalue weighted by Crippen LogP contribution is -2.70. The van der Waals surface area contributed by atoms with Gasteiger partial charge in [0.05, 0.1) is 11.5 Å². The summed E-state index contributed by atoms with van der Waals surface area (Å²) in [5, 5.41) is 3.85. The Morgan fingerprint density at radius 3 is 2.67 bits per heavy atom. The van der Waals surface area contributed by atoms with Gasteiger partial charge in [-0.25, -0.2) is 5.43 Å². The zero-order valence-corrected chi connectivity index (χ0v) is 8.66. The molecule has 0 spiro atoms. The Morgan fingerprint density at radius 2 is 2.17 bits per heavy atom. The fourth-order valence-electron chi connectivity index (χ4n) is 1.09. The van der Waals surface area contributed by atoms with Crippen LogP contribution in [0.15, 0.2) is 0 Å². The summed E-state index contributed by atoms with van der Waals surface area (Å²) in [7, 11) is 0. The van der Waals surface area contributed by atoms with Crippen LogP contribution in [0.2, 0.25) is 0 Å². The van der Waals surface area contributed by atoms with Crippen LogP contribution in [0.5, 0.6) is 0 Å². The molecule has 1 rings (SSSR count). The van der Waals surface area contributed by atoms with E-state index < -0.39 is 0 Å². The average Bonchev–Trinajstić information content (AvgIpc) is 2.03. The van der Waals surface area contributed by atoms with E-state index in [-0.39, 0.29) is 11.7 Å². The zero-order chi connectivity index (χ0) is 9.19. The predicted molar refractivity (Wildman–Crippen MR) is 53.6 cm³/mol. The van der Waals surface area contributed by atoms with E-state index in [4.69, 9.17) is 5.73 Å². The van der Waals surface area contributed by atoms with E-state index >= 15 is 0 Å². The number of thioether (sulfide) groups is 1. The highest BCUT2D eigenvalue weighted by molar-refractivity contribution is 7.99. The fraction of sp³-hybridized carbons (Fsp3) is 1.00. The Morgan fingerprint density at radius 1 is 1.50 bits per heavy atom. The number of hydrogen-bond acceptors (Lipinski definition) is 5. The molecular weight excluding hydrogens is 172 g/mol. The molecular formula is C7H18N4S. The molecule has 0 aromatic rings. The molecule has 0 radical (unpaired) electrons. The van der Waals surface area contributed by atoms with Crippen LogP contribution in [-0.4, -0.2) is 29.9 Å². The van der Waals surface area contributed by atoms with Gasteiger partial charge in [0.15, 0.2) is 0 Å². The minimum Gasteiger partial charge on any atom is -0.323 e. The van der Waals surface area contributed by atoms with Crippen LogP contribution >= 0.6 is 11.8 Å². The Balaban J connectivity index is 2.46. The summed E-state index contributed by atoms with van der Waals surface area (Å²) < 4.78 is 0. The van der Waals surface area contributed by atoms with E-state index in [2.05, 4.69) is 22.4 Å². The lowest BCUT2D eigenvalue weighted by Gasteiger charge is -2.39. The van der Waals surface area contributed by atoms with Crippen LogP contribution in [0.3, 0.4) is 0 Å².